The number of rotatable bonds is 7. The fraction of sp³-hybridized carbons (Fsp3) is 0.0192. The third kappa shape index (κ3) is 5.76. The van der Waals surface area contributed by atoms with Gasteiger partial charge >= 0.3 is 0 Å². The minimum atomic E-state index is -0.611. The standard InChI is InChI=1S/C52H35N3O/c1-4-18-36(19-5-1)43-28-10-11-29-44(43)51-54-49(37-20-6-2-7-21-37)53-50(55-51)40-24-16-22-38(34-40)39-23-17-27-42(35-39)52(41-25-8-3-9-26-41)45-30-12-14-32-47(45)56-48-33-15-13-31-46(48)52/h1-35H. The number of nitrogens with zero attached hydrogens (tertiary/aromatic N) is 3. The molecule has 0 atom stereocenters. The summed E-state index contributed by atoms with van der Waals surface area (Å²) in [5.74, 6) is 3.58. The molecule has 264 valence electrons. The lowest BCUT2D eigenvalue weighted by Gasteiger charge is -2.41. The van der Waals surface area contributed by atoms with Gasteiger partial charge in [0.1, 0.15) is 11.5 Å². The van der Waals surface area contributed by atoms with Crippen molar-refractivity contribution in [2.45, 2.75) is 5.41 Å². The van der Waals surface area contributed by atoms with Crippen LogP contribution >= 0.6 is 0 Å². The van der Waals surface area contributed by atoms with Crippen molar-refractivity contribution in [1.82, 2.24) is 15.0 Å². The van der Waals surface area contributed by atoms with Crippen LogP contribution in [0, 0.1) is 0 Å². The van der Waals surface area contributed by atoms with Gasteiger partial charge < -0.3 is 4.74 Å². The lowest BCUT2D eigenvalue weighted by Crippen LogP contribution is -2.34. The van der Waals surface area contributed by atoms with E-state index in [0.717, 1.165) is 67.1 Å². The van der Waals surface area contributed by atoms with Crippen molar-refractivity contribution < 1.29 is 4.74 Å². The van der Waals surface area contributed by atoms with Gasteiger partial charge in [-0.05, 0) is 57.6 Å². The number of para-hydroxylation sites is 2. The summed E-state index contributed by atoms with van der Waals surface area (Å²) in [5, 5.41) is 0. The third-order valence-electron chi connectivity index (χ3n) is 10.7. The Morgan fingerprint density at radius 3 is 1.43 bits per heavy atom. The third-order valence-corrected chi connectivity index (χ3v) is 10.7. The van der Waals surface area contributed by atoms with E-state index >= 15 is 0 Å². The maximum absolute atomic E-state index is 6.55. The molecule has 0 amide bonds. The van der Waals surface area contributed by atoms with Crippen LogP contribution in [0.15, 0.2) is 212 Å². The second-order valence-corrected chi connectivity index (χ2v) is 14.0. The lowest BCUT2D eigenvalue weighted by molar-refractivity contribution is 0.434. The Bertz CT molecular complexity index is 2790. The van der Waals surface area contributed by atoms with E-state index in [0.29, 0.717) is 17.5 Å². The molecule has 1 aliphatic rings. The summed E-state index contributed by atoms with van der Waals surface area (Å²) in [6.07, 6.45) is 0. The number of ether oxygens (including phenoxy) is 1. The molecule has 9 aromatic rings. The first-order valence-corrected chi connectivity index (χ1v) is 18.9. The Labute approximate surface area is 326 Å². The minimum Gasteiger partial charge on any atom is -0.457 e. The second kappa shape index (κ2) is 14.1. The van der Waals surface area contributed by atoms with Crippen LogP contribution in [0.2, 0.25) is 0 Å². The zero-order valence-corrected chi connectivity index (χ0v) is 30.5. The molecule has 0 spiro atoms. The monoisotopic (exact) mass is 717 g/mol. The zero-order chi connectivity index (χ0) is 37.3. The molecule has 0 aliphatic carbocycles. The Morgan fingerprint density at radius 2 is 0.750 bits per heavy atom. The first kappa shape index (κ1) is 33.2. The van der Waals surface area contributed by atoms with Gasteiger partial charge in [0, 0.05) is 27.8 Å². The molecule has 0 bridgehead atoms. The summed E-state index contributed by atoms with van der Waals surface area (Å²) in [5.41, 5.74) is 11.1. The van der Waals surface area contributed by atoms with E-state index in [1.807, 2.05) is 54.6 Å². The molecule has 0 fully saturated rings. The largest absolute Gasteiger partial charge is 0.457 e. The van der Waals surface area contributed by atoms with E-state index in [-0.39, 0.29) is 0 Å². The van der Waals surface area contributed by atoms with Crippen LogP contribution < -0.4 is 4.74 Å². The van der Waals surface area contributed by atoms with Crippen LogP contribution in [0.25, 0.3) is 56.4 Å². The van der Waals surface area contributed by atoms with Gasteiger partial charge in [0.15, 0.2) is 17.5 Å². The molecule has 10 rings (SSSR count). The highest BCUT2D eigenvalue weighted by atomic mass is 16.5. The van der Waals surface area contributed by atoms with Crippen LogP contribution in [-0.4, -0.2) is 15.0 Å². The van der Waals surface area contributed by atoms with Gasteiger partial charge in [0.05, 0.1) is 5.41 Å². The zero-order valence-electron chi connectivity index (χ0n) is 30.5. The highest BCUT2D eigenvalue weighted by Crippen LogP contribution is 2.55. The summed E-state index contributed by atoms with van der Waals surface area (Å²) >= 11 is 0. The molecule has 4 heteroatoms. The van der Waals surface area contributed by atoms with Crippen molar-refractivity contribution in [2.24, 2.45) is 0 Å². The first-order chi connectivity index (χ1) is 27.8. The first-order valence-electron chi connectivity index (χ1n) is 18.9. The summed E-state index contributed by atoms with van der Waals surface area (Å²) in [6, 6.07) is 73.9. The van der Waals surface area contributed by atoms with Crippen LogP contribution in [0.4, 0.5) is 0 Å². The van der Waals surface area contributed by atoms with Gasteiger partial charge in [-0.25, -0.2) is 15.0 Å². The highest BCUT2D eigenvalue weighted by Gasteiger charge is 2.45. The average Bonchev–Trinajstić information content (AvgIpc) is 3.29. The number of benzene rings is 8. The van der Waals surface area contributed by atoms with Crippen LogP contribution in [0.3, 0.4) is 0 Å². The number of hydrogen-bond donors (Lipinski definition) is 0. The van der Waals surface area contributed by atoms with Gasteiger partial charge in [-0.2, -0.15) is 0 Å². The SMILES string of the molecule is c1ccc(-c2nc(-c3cccc(-c4cccc(C5(c6ccccc6)c6ccccc6Oc6ccccc65)c4)c3)nc(-c3ccccc3-c3ccccc3)n2)cc1. The second-order valence-electron chi connectivity index (χ2n) is 14.0. The maximum atomic E-state index is 6.55. The van der Waals surface area contributed by atoms with Crippen molar-refractivity contribution >= 4 is 0 Å². The van der Waals surface area contributed by atoms with Gasteiger partial charge in [-0.15, -0.1) is 0 Å². The topological polar surface area (TPSA) is 47.9 Å². The summed E-state index contributed by atoms with van der Waals surface area (Å²) < 4.78 is 6.55. The lowest BCUT2D eigenvalue weighted by atomic mass is 9.63. The molecule has 0 N–H and O–H groups in total. The molecule has 56 heavy (non-hydrogen) atoms. The Balaban J connectivity index is 1.13. The fourth-order valence-electron chi connectivity index (χ4n) is 8.13. The molecule has 8 aromatic carbocycles. The highest BCUT2D eigenvalue weighted by molar-refractivity contribution is 5.82. The molecule has 0 saturated carbocycles. The van der Waals surface area contributed by atoms with Gasteiger partial charge in [0.25, 0.3) is 0 Å². The van der Waals surface area contributed by atoms with E-state index < -0.39 is 5.41 Å². The van der Waals surface area contributed by atoms with Gasteiger partial charge in [-0.3, -0.25) is 0 Å². The smallest absolute Gasteiger partial charge is 0.164 e. The van der Waals surface area contributed by atoms with E-state index in [4.69, 9.17) is 19.7 Å². The van der Waals surface area contributed by atoms with Crippen molar-refractivity contribution in [3.8, 4) is 67.9 Å². The number of fused-ring (bicyclic) bond motifs is 2. The van der Waals surface area contributed by atoms with Gasteiger partial charge in [-0.1, -0.05) is 188 Å². The van der Waals surface area contributed by atoms with Crippen molar-refractivity contribution in [1.29, 1.82) is 0 Å². The molecule has 0 saturated heterocycles. The molecular formula is C52H35N3O. The Hall–Kier alpha value is -7.43. The minimum absolute atomic E-state index is 0.611. The quantitative estimate of drug-likeness (QED) is 0.165. The number of hydrogen-bond acceptors (Lipinski definition) is 4. The molecule has 0 unspecified atom stereocenters. The predicted molar refractivity (Wildman–Crippen MR) is 225 cm³/mol. The maximum Gasteiger partial charge on any atom is 0.164 e. The van der Waals surface area contributed by atoms with Crippen LogP contribution in [0.5, 0.6) is 11.5 Å². The average molecular weight is 718 g/mol. The Kier molecular flexibility index (Phi) is 8.34. The summed E-state index contributed by atoms with van der Waals surface area (Å²) in [7, 11) is 0. The van der Waals surface area contributed by atoms with Gasteiger partial charge in [0.2, 0.25) is 0 Å². The van der Waals surface area contributed by atoms with Crippen molar-refractivity contribution in [2.75, 3.05) is 0 Å². The predicted octanol–water partition coefficient (Wildman–Crippen LogP) is 12.7. The molecule has 2 heterocycles. The molecule has 4 nitrogen and oxygen atoms in total. The van der Waals surface area contributed by atoms with Crippen LogP contribution in [-0.2, 0) is 5.41 Å². The van der Waals surface area contributed by atoms with Crippen molar-refractivity contribution in [3.63, 3.8) is 0 Å². The fourth-order valence-corrected chi connectivity index (χ4v) is 8.13. The Morgan fingerprint density at radius 1 is 0.304 bits per heavy atom. The van der Waals surface area contributed by atoms with E-state index in [1.165, 1.54) is 5.56 Å². The van der Waals surface area contributed by atoms with E-state index in [9.17, 15) is 0 Å². The number of aromatic nitrogens is 3. The van der Waals surface area contributed by atoms with E-state index in [1.54, 1.807) is 0 Å². The van der Waals surface area contributed by atoms with E-state index in [2.05, 4.69) is 158 Å². The molecule has 0 radical (unpaired) electrons. The summed E-state index contributed by atoms with van der Waals surface area (Å²) in [4.78, 5) is 15.3. The van der Waals surface area contributed by atoms with Crippen molar-refractivity contribution in [3.05, 3.63) is 235 Å². The molecule has 1 aliphatic heterocycles. The van der Waals surface area contributed by atoms with Crippen LogP contribution in [0.1, 0.15) is 22.3 Å². The normalized spacial score (nSPS) is 12.6. The molecular weight excluding hydrogens is 683 g/mol. The molecule has 1 aromatic heterocycles. The summed E-state index contributed by atoms with van der Waals surface area (Å²) in [6.45, 7) is 0.